The largest absolute Gasteiger partial charge is 0.347 e. The third-order valence-electron chi connectivity index (χ3n) is 3.44. The molecule has 0 saturated heterocycles. The maximum absolute atomic E-state index is 12.4. The van der Waals surface area contributed by atoms with Crippen molar-refractivity contribution in [2.45, 2.75) is 33.2 Å². The zero-order valence-electron chi connectivity index (χ0n) is 12.7. The van der Waals surface area contributed by atoms with Crippen molar-refractivity contribution in [1.29, 1.82) is 0 Å². The Balaban J connectivity index is 1.84. The zero-order valence-corrected chi connectivity index (χ0v) is 13.5. The van der Waals surface area contributed by atoms with Gasteiger partial charge in [-0.3, -0.25) is 14.2 Å². The van der Waals surface area contributed by atoms with E-state index in [2.05, 4.69) is 34.3 Å². The SMILES string of the molecule is Cc1c(C(=O)NCc2ccncc2)sc2nnc(C(C)C)n12. The van der Waals surface area contributed by atoms with Crippen molar-refractivity contribution in [2.75, 3.05) is 0 Å². The first-order chi connectivity index (χ1) is 10.6. The van der Waals surface area contributed by atoms with Crippen LogP contribution >= 0.6 is 11.3 Å². The fourth-order valence-corrected chi connectivity index (χ4v) is 3.27. The number of aromatic nitrogens is 4. The Bertz CT molecular complexity index is 806. The highest BCUT2D eigenvalue weighted by Crippen LogP contribution is 2.25. The van der Waals surface area contributed by atoms with Gasteiger partial charge in [0.05, 0.1) is 0 Å². The number of aryl methyl sites for hydroxylation is 1. The average molecular weight is 315 g/mol. The summed E-state index contributed by atoms with van der Waals surface area (Å²) in [6, 6.07) is 3.77. The molecule has 22 heavy (non-hydrogen) atoms. The van der Waals surface area contributed by atoms with Crippen molar-refractivity contribution in [3.63, 3.8) is 0 Å². The molecule has 0 aliphatic heterocycles. The molecular weight excluding hydrogens is 298 g/mol. The molecule has 0 aliphatic carbocycles. The second kappa shape index (κ2) is 5.84. The summed E-state index contributed by atoms with van der Waals surface area (Å²) in [4.78, 5) is 17.8. The van der Waals surface area contributed by atoms with E-state index in [-0.39, 0.29) is 11.8 Å². The maximum atomic E-state index is 12.4. The zero-order chi connectivity index (χ0) is 15.7. The minimum atomic E-state index is -0.0838. The predicted molar refractivity (Wildman–Crippen MR) is 85.1 cm³/mol. The van der Waals surface area contributed by atoms with Crippen molar-refractivity contribution in [3.8, 4) is 0 Å². The highest BCUT2D eigenvalue weighted by molar-refractivity contribution is 7.19. The van der Waals surface area contributed by atoms with Gasteiger partial charge in [0.1, 0.15) is 10.7 Å². The number of fused-ring (bicyclic) bond motifs is 1. The van der Waals surface area contributed by atoms with Crippen molar-refractivity contribution in [2.24, 2.45) is 0 Å². The van der Waals surface area contributed by atoms with Gasteiger partial charge >= 0.3 is 0 Å². The van der Waals surface area contributed by atoms with E-state index in [0.717, 1.165) is 22.0 Å². The molecule has 7 heteroatoms. The number of rotatable bonds is 4. The molecule has 1 N–H and O–H groups in total. The van der Waals surface area contributed by atoms with Crippen LogP contribution in [0.2, 0.25) is 0 Å². The summed E-state index contributed by atoms with van der Waals surface area (Å²) in [5.74, 6) is 1.06. The number of carbonyl (C=O) groups excluding carboxylic acids is 1. The summed E-state index contributed by atoms with van der Waals surface area (Å²) in [6.45, 7) is 6.55. The molecule has 0 fully saturated rings. The fraction of sp³-hybridized carbons (Fsp3) is 0.333. The van der Waals surface area contributed by atoms with Gasteiger partial charge in [-0.2, -0.15) is 0 Å². The number of thiazole rings is 1. The quantitative estimate of drug-likeness (QED) is 0.803. The van der Waals surface area contributed by atoms with E-state index >= 15 is 0 Å². The van der Waals surface area contributed by atoms with Crippen LogP contribution in [0.4, 0.5) is 0 Å². The monoisotopic (exact) mass is 315 g/mol. The molecule has 3 aromatic heterocycles. The molecule has 1 amide bonds. The summed E-state index contributed by atoms with van der Waals surface area (Å²) in [6.07, 6.45) is 3.43. The summed E-state index contributed by atoms with van der Waals surface area (Å²) in [7, 11) is 0. The van der Waals surface area contributed by atoms with Crippen LogP contribution in [0.5, 0.6) is 0 Å². The Morgan fingerprint density at radius 2 is 2.05 bits per heavy atom. The van der Waals surface area contributed by atoms with Gasteiger partial charge in [0, 0.05) is 30.6 Å². The Morgan fingerprint density at radius 3 is 2.73 bits per heavy atom. The van der Waals surface area contributed by atoms with Gasteiger partial charge in [0.25, 0.3) is 5.91 Å². The van der Waals surface area contributed by atoms with Crippen molar-refractivity contribution < 1.29 is 4.79 Å². The molecule has 0 saturated carbocycles. The smallest absolute Gasteiger partial charge is 0.263 e. The summed E-state index contributed by atoms with van der Waals surface area (Å²) >= 11 is 1.37. The molecule has 0 aliphatic rings. The van der Waals surface area contributed by atoms with Crippen molar-refractivity contribution in [3.05, 3.63) is 46.5 Å². The van der Waals surface area contributed by atoms with Crippen LogP contribution in [-0.2, 0) is 6.54 Å². The van der Waals surface area contributed by atoms with Crippen LogP contribution < -0.4 is 5.32 Å². The van der Waals surface area contributed by atoms with Gasteiger partial charge in [-0.1, -0.05) is 25.2 Å². The first-order valence-electron chi connectivity index (χ1n) is 7.09. The first-order valence-corrected chi connectivity index (χ1v) is 7.91. The fourth-order valence-electron chi connectivity index (χ4n) is 2.28. The number of pyridine rings is 1. The van der Waals surface area contributed by atoms with Gasteiger partial charge in [0.15, 0.2) is 0 Å². The highest BCUT2D eigenvalue weighted by atomic mass is 32.1. The summed E-state index contributed by atoms with van der Waals surface area (Å²) < 4.78 is 1.97. The number of nitrogens with one attached hydrogen (secondary N) is 1. The number of hydrogen-bond acceptors (Lipinski definition) is 5. The molecule has 0 unspecified atom stereocenters. The third-order valence-corrected chi connectivity index (χ3v) is 4.57. The average Bonchev–Trinajstić information content (AvgIpc) is 3.07. The minimum Gasteiger partial charge on any atom is -0.347 e. The van der Waals surface area contributed by atoms with E-state index in [4.69, 9.17) is 0 Å². The molecule has 3 heterocycles. The Morgan fingerprint density at radius 1 is 1.32 bits per heavy atom. The topological polar surface area (TPSA) is 72.2 Å². The minimum absolute atomic E-state index is 0.0838. The third kappa shape index (κ3) is 2.59. The van der Waals surface area contributed by atoms with Gasteiger partial charge < -0.3 is 5.32 Å². The molecule has 0 aromatic carbocycles. The molecule has 0 bridgehead atoms. The van der Waals surface area contributed by atoms with E-state index in [0.29, 0.717) is 11.4 Å². The second-order valence-electron chi connectivity index (χ2n) is 5.39. The van der Waals surface area contributed by atoms with E-state index in [9.17, 15) is 4.79 Å². The number of carbonyl (C=O) groups is 1. The highest BCUT2D eigenvalue weighted by Gasteiger charge is 2.20. The second-order valence-corrected chi connectivity index (χ2v) is 6.36. The maximum Gasteiger partial charge on any atom is 0.263 e. The Kier molecular flexibility index (Phi) is 3.89. The van der Waals surface area contributed by atoms with Gasteiger partial charge in [-0.05, 0) is 24.6 Å². The van der Waals surface area contributed by atoms with Crippen LogP contribution in [0, 0.1) is 6.92 Å². The predicted octanol–water partition coefficient (Wildman–Crippen LogP) is 2.55. The Labute approximate surface area is 132 Å². The first kappa shape index (κ1) is 14.6. The van der Waals surface area contributed by atoms with Crippen LogP contribution in [0.25, 0.3) is 4.96 Å². The lowest BCUT2D eigenvalue weighted by molar-refractivity contribution is 0.0954. The van der Waals surface area contributed by atoms with E-state index < -0.39 is 0 Å². The van der Waals surface area contributed by atoms with E-state index in [1.807, 2.05) is 23.5 Å². The van der Waals surface area contributed by atoms with Gasteiger partial charge in [0.2, 0.25) is 4.96 Å². The lowest BCUT2D eigenvalue weighted by atomic mass is 10.2. The molecule has 3 rings (SSSR count). The standard InChI is InChI=1S/C15H17N5OS/c1-9(2)13-18-19-15-20(13)10(3)12(22-15)14(21)17-8-11-4-6-16-7-5-11/h4-7,9H,8H2,1-3H3,(H,17,21). The molecular formula is C15H17N5OS. The Hall–Kier alpha value is -2.28. The molecule has 0 spiro atoms. The van der Waals surface area contributed by atoms with Crippen molar-refractivity contribution >= 4 is 22.2 Å². The van der Waals surface area contributed by atoms with E-state index in [1.54, 1.807) is 12.4 Å². The van der Waals surface area contributed by atoms with Crippen LogP contribution in [0.1, 0.15) is 46.5 Å². The molecule has 6 nitrogen and oxygen atoms in total. The van der Waals surface area contributed by atoms with E-state index in [1.165, 1.54) is 11.3 Å². The van der Waals surface area contributed by atoms with Gasteiger partial charge in [-0.25, -0.2) is 0 Å². The summed E-state index contributed by atoms with van der Waals surface area (Å²) in [5, 5.41) is 11.3. The molecule has 0 atom stereocenters. The number of nitrogens with zero attached hydrogens (tertiary/aromatic N) is 4. The number of amides is 1. The molecule has 3 aromatic rings. The van der Waals surface area contributed by atoms with Crippen LogP contribution in [0.3, 0.4) is 0 Å². The number of hydrogen-bond donors (Lipinski definition) is 1. The normalized spacial score (nSPS) is 11.3. The van der Waals surface area contributed by atoms with Crippen molar-refractivity contribution in [1.82, 2.24) is 24.9 Å². The van der Waals surface area contributed by atoms with Crippen LogP contribution in [0.15, 0.2) is 24.5 Å². The lowest BCUT2D eigenvalue weighted by Gasteiger charge is -2.05. The lowest BCUT2D eigenvalue weighted by Crippen LogP contribution is -2.22. The molecule has 114 valence electrons. The molecule has 0 radical (unpaired) electrons. The summed E-state index contributed by atoms with van der Waals surface area (Å²) in [5.41, 5.74) is 1.91. The van der Waals surface area contributed by atoms with Crippen LogP contribution in [-0.4, -0.2) is 25.5 Å². The van der Waals surface area contributed by atoms with Gasteiger partial charge in [-0.15, -0.1) is 10.2 Å².